The number of nitrogens with one attached hydrogen (secondary N) is 1. The van der Waals surface area contributed by atoms with E-state index in [-0.39, 0.29) is 34.8 Å². The Kier molecular flexibility index (Phi) is 8.11. The molecule has 0 aliphatic rings. The van der Waals surface area contributed by atoms with E-state index in [2.05, 4.69) is 10.5 Å². The van der Waals surface area contributed by atoms with E-state index in [4.69, 9.17) is 9.26 Å². The molecule has 0 aliphatic carbocycles. The Hall–Kier alpha value is -3.32. The molecule has 1 amide bonds. The molecule has 3 N–H and O–H groups in total. The molecular weight excluding hydrogens is 420 g/mol. The second kappa shape index (κ2) is 11.0. The molecule has 0 saturated heterocycles. The summed E-state index contributed by atoms with van der Waals surface area (Å²) in [5.74, 6) is -0.187. The molecule has 0 unspecified atom stereocenters. The van der Waals surface area contributed by atoms with Crippen molar-refractivity contribution in [2.45, 2.75) is 46.0 Å². The van der Waals surface area contributed by atoms with Crippen LogP contribution in [0.15, 0.2) is 40.9 Å². The summed E-state index contributed by atoms with van der Waals surface area (Å²) in [5.41, 5.74) is 3.63. The van der Waals surface area contributed by atoms with Gasteiger partial charge in [-0.25, -0.2) is 0 Å². The molecule has 2 aromatic carbocycles. The van der Waals surface area contributed by atoms with Gasteiger partial charge >= 0.3 is 0 Å². The fourth-order valence-electron chi connectivity index (χ4n) is 3.79. The van der Waals surface area contributed by atoms with Crippen LogP contribution in [0, 0.1) is 0 Å². The van der Waals surface area contributed by atoms with Crippen molar-refractivity contribution >= 4 is 5.91 Å². The summed E-state index contributed by atoms with van der Waals surface area (Å²) < 4.78 is 10.7. The van der Waals surface area contributed by atoms with Crippen molar-refractivity contribution in [3.63, 3.8) is 0 Å². The molecule has 0 radical (unpaired) electrons. The van der Waals surface area contributed by atoms with Crippen molar-refractivity contribution in [1.29, 1.82) is 0 Å². The van der Waals surface area contributed by atoms with Crippen molar-refractivity contribution in [1.82, 2.24) is 10.5 Å². The fraction of sp³-hybridized carbons (Fsp3) is 0.385. The number of methoxy groups -OCH3 is 1. The van der Waals surface area contributed by atoms with E-state index in [1.807, 2.05) is 45.0 Å². The summed E-state index contributed by atoms with van der Waals surface area (Å²) in [6.45, 7) is 6.92. The van der Waals surface area contributed by atoms with E-state index in [0.29, 0.717) is 23.2 Å². The monoisotopic (exact) mass is 452 g/mol. The van der Waals surface area contributed by atoms with E-state index < -0.39 is 0 Å². The van der Waals surface area contributed by atoms with Gasteiger partial charge in [0.15, 0.2) is 11.5 Å². The topological polar surface area (TPSA) is 105 Å². The first-order valence-electron chi connectivity index (χ1n) is 11.3. The molecule has 1 heterocycles. The van der Waals surface area contributed by atoms with Gasteiger partial charge in [-0.3, -0.25) is 4.79 Å². The highest BCUT2D eigenvalue weighted by molar-refractivity contribution is 6.02. The Bertz CT molecular complexity index is 1090. The molecule has 1 aromatic heterocycles. The summed E-state index contributed by atoms with van der Waals surface area (Å²) in [5, 5.41) is 27.6. The van der Waals surface area contributed by atoms with E-state index in [1.165, 1.54) is 11.6 Å². The Labute approximate surface area is 194 Å². The summed E-state index contributed by atoms with van der Waals surface area (Å²) in [7, 11) is 1.70. The van der Waals surface area contributed by atoms with Crippen LogP contribution >= 0.6 is 0 Å². The summed E-state index contributed by atoms with van der Waals surface area (Å²) in [6.07, 6.45) is 2.95. The first-order chi connectivity index (χ1) is 15.9. The molecule has 0 saturated carbocycles. The highest BCUT2D eigenvalue weighted by Gasteiger charge is 2.27. The van der Waals surface area contributed by atoms with E-state index in [1.54, 1.807) is 13.2 Å². The lowest BCUT2D eigenvalue weighted by Gasteiger charge is -2.12. The third-order valence-corrected chi connectivity index (χ3v) is 5.56. The SMILES string of the molecule is CCNC(=O)c1noc(-c2cc(C(C)C)c(O)cc2O)c1-c1ccc(CCCCOC)cc1. The van der Waals surface area contributed by atoms with Crippen LogP contribution in [0.25, 0.3) is 22.5 Å². The number of amides is 1. The predicted molar refractivity (Wildman–Crippen MR) is 128 cm³/mol. The second-order valence-corrected chi connectivity index (χ2v) is 8.32. The van der Waals surface area contributed by atoms with Crippen molar-refractivity contribution in [2.24, 2.45) is 0 Å². The Morgan fingerprint density at radius 2 is 1.85 bits per heavy atom. The number of carbonyl (C=O) groups excluding carboxylic acids is 1. The summed E-state index contributed by atoms with van der Waals surface area (Å²) in [4.78, 5) is 12.7. The molecule has 176 valence electrons. The second-order valence-electron chi connectivity index (χ2n) is 8.32. The van der Waals surface area contributed by atoms with Gasteiger partial charge in [0.1, 0.15) is 11.5 Å². The van der Waals surface area contributed by atoms with Crippen molar-refractivity contribution in [3.05, 3.63) is 53.2 Å². The Morgan fingerprint density at radius 3 is 2.48 bits per heavy atom. The van der Waals surface area contributed by atoms with Gasteiger partial charge in [0.05, 0.1) is 11.1 Å². The zero-order valence-corrected chi connectivity index (χ0v) is 19.6. The molecule has 0 aliphatic heterocycles. The van der Waals surface area contributed by atoms with Crippen molar-refractivity contribution in [2.75, 3.05) is 20.3 Å². The number of hydrogen-bond donors (Lipinski definition) is 3. The number of carbonyl (C=O) groups is 1. The van der Waals surface area contributed by atoms with Gasteiger partial charge < -0.3 is 24.8 Å². The van der Waals surface area contributed by atoms with Gasteiger partial charge in [0.2, 0.25) is 0 Å². The maximum atomic E-state index is 12.7. The van der Waals surface area contributed by atoms with Crippen LogP contribution in [0.5, 0.6) is 11.5 Å². The minimum absolute atomic E-state index is 0.00842. The van der Waals surface area contributed by atoms with Crippen molar-refractivity contribution in [3.8, 4) is 33.9 Å². The van der Waals surface area contributed by atoms with Crippen LogP contribution in [0.3, 0.4) is 0 Å². The van der Waals surface area contributed by atoms with Gasteiger partial charge in [-0.05, 0) is 54.9 Å². The van der Waals surface area contributed by atoms with Crippen LogP contribution in [-0.4, -0.2) is 41.5 Å². The molecule has 0 fully saturated rings. The first-order valence-corrected chi connectivity index (χ1v) is 11.3. The van der Waals surface area contributed by atoms with Gasteiger partial charge in [-0.15, -0.1) is 0 Å². The average Bonchev–Trinajstić information content (AvgIpc) is 3.22. The summed E-state index contributed by atoms with van der Waals surface area (Å²) in [6, 6.07) is 10.9. The number of aryl methyl sites for hydroxylation is 1. The van der Waals surface area contributed by atoms with Crippen LogP contribution in [0.2, 0.25) is 0 Å². The number of aromatic hydroxyl groups is 2. The number of hydrogen-bond acceptors (Lipinski definition) is 6. The molecule has 0 bridgehead atoms. The zero-order valence-electron chi connectivity index (χ0n) is 19.6. The predicted octanol–water partition coefficient (Wildman–Crippen LogP) is 5.26. The minimum Gasteiger partial charge on any atom is -0.508 e. The number of rotatable bonds is 10. The third-order valence-electron chi connectivity index (χ3n) is 5.56. The average molecular weight is 453 g/mol. The Balaban J connectivity index is 2.06. The molecule has 3 rings (SSSR count). The standard InChI is InChI=1S/C26H32N2O5/c1-5-27-26(31)24-23(18-11-9-17(10-12-18)8-6-7-13-32-4)25(33-28-24)20-14-19(16(2)3)21(29)15-22(20)30/h9-12,14-16,29-30H,5-8,13H2,1-4H3,(H,27,31). The number of aromatic nitrogens is 1. The van der Waals surface area contributed by atoms with Crippen LogP contribution in [-0.2, 0) is 11.2 Å². The van der Waals surface area contributed by atoms with E-state index in [0.717, 1.165) is 31.4 Å². The number of nitrogens with zero attached hydrogens (tertiary/aromatic N) is 1. The molecule has 3 aromatic rings. The number of unbranched alkanes of at least 4 members (excludes halogenated alkanes) is 1. The molecule has 33 heavy (non-hydrogen) atoms. The molecule has 7 nitrogen and oxygen atoms in total. The number of benzene rings is 2. The normalized spacial score (nSPS) is 11.2. The third kappa shape index (κ3) is 5.54. The maximum Gasteiger partial charge on any atom is 0.274 e. The molecular formula is C26H32N2O5. The lowest BCUT2D eigenvalue weighted by Crippen LogP contribution is -2.23. The van der Waals surface area contributed by atoms with Crippen LogP contribution in [0.4, 0.5) is 0 Å². The fourth-order valence-corrected chi connectivity index (χ4v) is 3.79. The van der Waals surface area contributed by atoms with E-state index >= 15 is 0 Å². The van der Waals surface area contributed by atoms with Gasteiger partial charge in [0.25, 0.3) is 5.91 Å². The van der Waals surface area contributed by atoms with E-state index in [9.17, 15) is 15.0 Å². The Morgan fingerprint density at radius 1 is 1.12 bits per heavy atom. The van der Waals surface area contributed by atoms with Crippen molar-refractivity contribution < 1.29 is 24.3 Å². The number of phenolic OH excluding ortho intramolecular Hbond substituents is 2. The smallest absolute Gasteiger partial charge is 0.274 e. The maximum absolute atomic E-state index is 12.7. The van der Waals surface area contributed by atoms with Gasteiger partial charge in [-0.1, -0.05) is 43.3 Å². The highest BCUT2D eigenvalue weighted by Crippen LogP contribution is 2.43. The van der Waals surface area contributed by atoms with Crippen LogP contribution in [0.1, 0.15) is 61.1 Å². The quantitative estimate of drug-likeness (QED) is 0.362. The number of ether oxygens (including phenoxy) is 1. The lowest BCUT2D eigenvalue weighted by molar-refractivity contribution is 0.0947. The number of phenols is 2. The zero-order chi connectivity index (χ0) is 24.0. The minimum atomic E-state index is -0.353. The molecule has 0 atom stereocenters. The largest absolute Gasteiger partial charge is 0.508 e. The first kappa shape index (κ1) is 24.3. The van der Waals surface area contributed by atoms with Crippen LogP contribution < -0.4 is 5.32 Å². The highest BCUT2D eigenvalue weighted by atomic mass is 16.5. The molecule has 7 heteroatoms. The lowest BCUT2D eigenvalue weighted by atomic mass is 9.93. The van der Waals surface area contributed by atoms with Gasteiger partial charge in [0, 0.05) is 26.3 Å². The van der Waals surface area contributed by atoms with Gasteiger partial charge in [-0.2, -0.15) is 0 Å². The molecule has 0 spiro atoms. The summed E-state index contributed by atoms with van der Waals surface area (Å²) >= 11 is 0.